The second kappa shape index (κ2) is 10.1. The molecule has 2 aliphatic carbocycles. The molecule has 36 heavy (non-hydrogen) atoms. The number of aromatic nitrogens is 1. The van der Waals surface area contributed by atoms with Crippen molar-refractivity contribution in [3.05, 3.63) is 50.7 Å². The summed E-state index contributed by atoms with van der Waals surface area (Å²) in [7, 11) is 3.97. The van der Waals surface area contributed by atoms with Gasteiger partial charge in [-0.3, -0.25) is 9.78 Å². The van der Waals surface area contributed by atoms with Gasteiger partial charge in [0.15, 0.2) is 5.78 Å². The molecule has 3 N–H and O–H groups in total. The maximum absolute atomic E-state index is 13.2. The summed E-state index contributed by atoms with van der Waals surface area (Å²) in [4.78, 5) is 19.9. The minimum atomic E-state index is -0.670. The highest BCUT2D eigenvalue weighted by Gasteiger charge is 2.36. The van der Waals surface area contributed by atoms with Crippen molar-refractivity contribution in [2.75, 3.05) is 26.0 Å². The number of nitrogens with one attached hydrogen (secondary N) is 1. The summed E-state index contributed by atoms with van der Waals surface area (Å²) in [6.07, 6.45) is 6.68. The van der Waals surface area contributed by atoms with Gasteiger partial charge in [0.2, 0.25) is 0 Å². The fourth-order valence-electron chi connectivity index (χ4n) is 5.26. The number of fused-ring (bicyclic) bond motifs is 1. The number of halogens is 2. The number of carbonyl (C=O) groups is 1. The molecule has 2 aliphatic rings. The van der Waals surface area contributed by atoms with Gasteiger partial charge in [-0.1, -0.05) is 17.7 Å². The molecule has 190 valence electrons. The smallest absolute Gasteiger partial charge is 0.169 e. The van der Waals surface area contributed by atoms with Crippen molar-refractivity contribution in [2.45, 2.75) is 50.2 Å². The van der Waals surface area contributed by atoms with Gasteiger partial charge in [-0.05, 0) is 111 Å². The van der Waals surface area contributed by atoms with Crippen LogP contribution in [0.4, 0.5) is 5.69 Å². The quantitative estimate of drug-likeness (QED) is 0.219. The number of carbonyl (C=O) groups excluding carboxylic acids is 1. The van der Waals surface area contributed by atoms with Crippen LogP contribution in [0.3, 0.4) is 0 Å². The van der Waals surface area contributed by atoms with Gasteiger partial charge >= 0.3 is 0 Å². The zero-order valence-electron chi connectivity index (χ0n) is 20.5. The fourth-order valence-corrected chi connectivity index (χ4v) is 6.27. The van der Waals surface area contributed by atoms with Crippen LogP contribution in [0.5, 0.6) is 5.75 Å². The number of aromatic hydroxyl groups is 1. The summed E-state index contributed by atoms with van der Waals surface area (Å²) in [6, 6.07) is 9.82. The molecule has 1 heterocycles. The summed E-state index contributed by atoms with van der Waals surface area (Å²) in [5.74, 6) is 0.316. The predicted octanol–water partition coefficient (Wildman–Crippen LogP) is 6.11. The first-order valence-corrected chi connectivity index (χ1v) is 13.9. The molecule has 3 aromatic rings. The first-order chi connectivity index (χ1) is 17.1. The second-order valence-corrected chi connectivity index (χ2v) is 12.2. The van der Waals surface area contributed by atoms with Crippen LogP contribution in [-0.4, -0.2) is 58.2 Å². The number of likely N-dealkylation sites (N-methyl/N-ethyl adjacent to an activating group) is 1. The van der Waals surface area contributed by atoms with Crippen molar-refractivity contribution in [1.82, 2.24) is 9.88 Å². The molecule has 2 fully saturated rings. The van der Waals surface area contributed by atoms with Crippen LogP contribution in [0.15, 0.2) is 36.5 Å². The zero-order chi connectivity index (χ0) is 25.6. The lowest BCUT2D eigenvalue weighted by Gasteiger charge is -2.38. The molecule has 1 aromatic heterocycles. The molecule has 2 saturated carbocycles. The third-order valence-electron chi connectivity index (χ3n) is 7.31. The first kappa shape index (κ1) is 25.7. The summed E-state index contributed by atoms with van der Waals surface area (Å²) in [5, 5.41) is 26.0. The SMILES string of the molecule is CN(C)CC1(O)CCC(Nc2c(C(=O)C3CC3)cnc3ccc(-c4cc(Cl)c(O)c(I)c4)cc23)CC1. The number of Topliss-reactive ketones (excluding diaryl/α,β-unsaturated/α-hetero) is 1. The third-order valence-corrected chi connectivity index (χ3v) is 8.42. The molecule has 2 aromatic carbocycles. The maximum atomic E-state index is 13.2. The lowest BCUT2D eigenvalue weighted by atomic mass is 9.81. The Bertz CT molecular complexity index is 1290. The van der Waals surface area contributed by atoms with Gasteiger partial charge in [0.1, 0.15) is 5.75 Å². The Kier molecular flexibility index (Phi) is 7.20. The Morgan fingerprint density at radius 3 is 2.53 bits per heavy atom. The summed E-state index contributed by atoms with van der Waals surface area (Å²) in [6.45, 7) is 0.653. The van der Waals surface area contributed by atoms with Crippen LogP contribution in [0.2, 0.25) is 5.02 Å². The molecule has 5 rings (SSSR count). The van der Waals surface area contributed by atoms with Crippen LogP contribution >= 0.6 is 34.2 Å². The van der Waals surface area contributed by atoms with Crippen LogP contribution in [0, 0.1) is 9.49 Å². The molecular formula is C28H31ClIN3O3. The Labute approximate surface area is 230 Å². The van der Waals surface area contributed by atoms with E-state index in [-0.39, 0.29) is 23.5 Å². The van der Waals surface area contributed by atoms with Crippen LogP contribution in [0.25, 0.3) is 22.0 Å². The number of nitrogens with zero attached hydrogens (tertiary/aromatic N) is 2. The van der Waals surface area contributed by atoms with E-state index < -0.39 is 5.60 Å². The van der Waals surface area contributed by atoms with Crippen molar-refractivity contribution in [2.24, 2.45) is 5.92 Å². The lowest BCUT2D eigenvalue weighted by molar-refractivity contribution is -0.0183. The molecular weight excluding hydrogens is 589 g/mol. The van der Waals surface area contributed by atoms with E-state index in [0.29, 0.717) is 33.5 Å². The minimum Gasteiger partial charge on any atom is -0.505 e. The van der Waals surface area contributed by atoms with E-state index >= 15 is 0 Å². The van der Waals surface area contributed by atoms with Crippen LogP contribution in [0.1, 0.15) is 48.9 Å². The standard InChI is InChI=1S/C28H31ClIN3O3/c1-33(2)15-28(36)9-7-19(8-10-28)32-25-20-11-17(18-12-22(29)27(35)23(30)13-18)5-6-24(20)31-14-21(25)26(34)16-3-4-16/h5-6,11-14,16,19,35-36H,3-4,7-10,15H2,1-2H3,(H,31,32). The lowest BCUT2D eigenvalue weighted by Crippen LogP contribution is -2.45. The normalized spacial score (nSPS) is 22.2. The monoisotopic (exact) mass is 619 g/mol. The zero-order valence-corrected chi connectivity index (χ0v) is 23.4. The molecule has 0 spiro atoms. The molecule has 0 radical (unpaired) electrons. The first-order valence-electron chi connectivity index (χ1n) is 12.4. The number of benzene rings is 2. The average Bonchev–Trinajstić information content (AvgIpc) is 3.68. The molecule has 8 heteroatoms. The molecule has 0 atom stereocenters. The van der Waals surface area contributed by atoms with Crippen molar-refractivity contribution in [3.63, 3.8) is 0 Å². The highest BCUT2D eigenvalue weighted by atomic mass is 127. The molecule has 0 aliphatic heterocycles. The van der Waals surface area contributed by atoms with Crippen molar-refractivity contribution in [3.8, 4) is 16.9 Å². The van der Waals surface area contributed by atoms with Gasteiger partial charge < -0.3 is 20.4 Å². The highest BCUT2D eigenvalue weighted by molar-refractivity contribution is 14.1. The number of hydrogen-bond donors (Lipinski definition) is 3. The maximum Gasteiger partial charge on any atom is 0.169 e. The van der Waals surface area contributed by atoms with E-state index in [1.807, 2.05) is 37.2 Å². The third kappa shape index (κ3) is 5.35. The number of ketones is 1. The van der Waals surface area contributed by atoms with Gasteiger partial charge in [-0.15, -0.1) is 0 Å². The van der Waals surface area contributed by atoms with E-state index in [9.17, 15) is 15.0 Å². The van der Waals surface area contributed by atoms with Crippen LogP contribution < -0.4 is 5.32 Å². The van der Waals surface area contributed by atoms with Gasteiger partial charge in [-0.2, -0.15) is 0 Å². The van der Waals surface area contributed by atoms with Crippen molar-refractivity contribution in [1.29, 1.82) is 0 Å². The van der Waals surface area contributed by atoms with Crippen molar-refractivity contribution < 1.29 is 15.0 Å². The van der Waals surface area contributed by atoms with E-state index in [4.69, 9.17) is 11.6 Å². The summed E-state index contributed by atoms with van der Waals surface area (Å²) in [5.41, 5.74) is 3.45. The summed E-state index contributed by atoms with van der Waals surface area (Å²) >= 11 is 8.34. The van der Waals surface area contributed by atoms with Crippen LogP contribution in [-0.2, 0) is 0 Å². The number of rotatable bonds is 7. The Morgan fingerprint density at radius 1 is 1.17 bits per heavy atom. The number of phenolic OH excluding ortho intramolecular Hbond substituents is 1. The fraction of sp³-hybridized carbons (Fsp3) is 0.429. The number of pyridine rings is 1. The predicted molar refractivity (Wildman–Crippen MR) is 153 cm³/mol. The number of anilines is 1. The largest absolute Gasteiger partial charge is 0.505 e. The summed E-state index contributed by atoms with van der Waals surface area (Å²) < 4.78 is 0.678. The second-order valence-electron chi connectivity index (χ2n) is 10.6. The Balaban J connectivity index is 1.53. The van der Waals surface area contributed by atoms with E-state index in [1.165, 1.54) is 0 Å². The number of hydrogen-bond acceptors (Lipinski definition) is 6. The van der Waals surface area contributed by atoms with E-state index in [2.05, 4.69) is 39.0 Å². The highest BCUT2D eigenvalue weighted by Crippen LogP contribution is 2.40. The van der Waals surface area contributed by atoms with Gasteiger partial charge in [0.25, 0.3) is 0 Å². The number of aliphatic hydroxyl groups is 1. The molecule has 6 nitrogen and oxygen atoms in total. The van der Waals surface area contributed by atoms with Gasteiger partial charge in [0.05, 0.1) is 31.0 Å². The van der Waals surface area contributed by atoms with E-state index in [1.54, 1.807) is 12.3 Å². The van der Waals surface area contributed by atoms with Crippen molar-refractivity contribution >= 4 is 56.6 Å². The molecule has 0 bridgehead atoms. The van der Waals surface area contributed by atoms with Gasteiger partial charge in [0, 0.05) is 30.1 Å². The Morgan fingerprint density at radius 2 is 1.89 bits per heavy atom. The molecule has 0 amide bonds. The van der Waals surface area contributed by atoms with E-state index in [0.717, 1.165) is 53.4 Å². The topological polar surface area (TPSA) is 85.7 Å². The number of phenols is 1. The Hall–Kier alpha value is -1.94. The molecule has 0 unspecified atom stereocenters. The molecule has 0 saturated heterocycles. The van der Waals surface area contributed by atoms with Gasteiger partial charge in [-0.25, -0.2) is 0 Å². The minimum absolute atomic E-state index is 0.0784. The average molecular weight is 620 g/mol.